The Hall–Kier alpha value is 2.31. The molecule has 0 fully saturated rings. The zero-order chi connectivity index (χ0) is 11.0. The molecule has 78 valence electrons. The van der Waals surface area contributed by atoms with Crippen molar-refractivity contribution in [3.63, 3.8) is 0 Å². The molecule has 0 aromatic heterocycles. The van der Waals surface area contributed by atoms with Crippen LogP contribution < -0.4 is 103 Å². The van der Waals surface area contributed by atoms with Gasteiger partial charge in [-0.3, -0.25) is 0 Å². The van der Waals surface area contributed by atoms with Gasteiger partial charge in [-0.2, -0.15) is 0 Å². The van der Waals surface area contributed by atoms with Crippen molar-refractivity contribution in [2.45, 2.75) is 9.79 Å². The first-order valence-corrected chi connectivity index (χ1v) is 6.05. The van der Waals surface area contributed by atoms with Crippen molar-refractivity contribution in [1.29, 1.82) is 0 Å². The summed E-state index contributed by atoms with van der Waals surface area (Å²) in [5.74, 6) is 0. The van der Waals surface area contributed by atoms with Crippen LogP contribution in [0.3, 0.4) is 0 Å². The molecule has 16 heavy (non-hydrogen) atoms. The average molecular weight is 314 g/mol. The smallest absolute Gasteiger partial charge is 0.744 e. The van der Waals surface area contributed by atoms with Gasteiger partial charge in [0.15, 0.2) is 0 Å². The number of rotatable bonds is 2. The zero-order valence-corrected chi connectivity index (χ0v) is 16.5. The van der Waals surface area contributed by atoms with Crippen LogP contribution in [-0.4, -0.2) is 25.9 Å². The molecule has 0 atom stereocenters. The predicted octanol–water partition coefficient (Wildman–Crippen LogP) is -6.50. The second-order valence-corrected chi connectivity index (χ2v) is 5.14. The molecule has 0 N–H and O–H groups in total. The maximum Gasteiger partial charge on any atom is 1.00 e. The topological polar surface area (TPSA) is 114 Å². The third-order valence-corrected chi connectivity index (χ3v) is 3.05. The second kappa shape index (κ2) is 7.79. The first-order chi connectivity index (χ1) is 6.21. The van der Waals surface area contributed by atoms with Crippen molar-refractivity contribution in [3.05, 3.63) is 24.3 Å². The van der Waals surface area contributed by atoms with Crippen LogP contribution in [0.25, 0.3) is 0 Å². The van der Waals surface area contributed by atoms with Gasteiger partial charge in [0.1, 0.15) is 20.2 Å². The van der Waals surface area contributed by atoms with Crippen molar-refractivity contribution in [2.24, 2.45) is 0 Å². The van der Waals surface area contributed by atoms with E-state index in [-0.39, 0.29) is 103 Å². The molecular formula is C6H4K2O6S2. The van der Waals surface area contributed by atoms with E-state index in [9.17, 15) is 25.9 Å². The normalized spacial score (nSPS) is 11.1. The quantitative estimate of drug-likeness (QED) is 0.396. The van der Waals surface area contributed by atoms with Crippen LogP contribution in [-0.2, 0) is 20.2 Å². The minimum atomic E-state index is -4.74. The van der Waals surface area contributed by atoms with Crippen LogP contribution in [0, 0.1) is 0 Å². The van der Waals surface area contributed by atoms with Crippen LogP contribution in [0.5, 0.6) is 0 Å². The Kier molecular flexibility index (Phi) is 10.0. The van der Waals surface area contributed by atoms with Crippen LogP contribution in [0.15, 0.2) is 34.1 Å². The molecule has 0 aliphatic carbocycles. The van der Waals surface area contributed by atoms with E-state index in [2.05, 4.69) is 0 Å². The Morgan fingerprint density at radius 3 is 1.38 bits per heavy atom. The average Bonchev–Trinajstić information content (AvgIpc) is 2.01. The van der Waals surface area contributed by atoms with Crippen LogP contribution in [0.2, 0.25) is 0 Å². The van der Waals surface area contributed by atoms with E-state index in [0.717, 1.165) is 18.2 Å². The summed E-state index contributed by atoms with van der Waals surface area (Å²) in [5, 5.41) is 0. The van der Waals surface area contributed by atoms with E-state index in [1.807, 2.05) is 0 Å². The first kappa shape index (κ1) is 20.6. The summed E-state index contributed by atoms with van der Waals surface area (Å²) in [6.07, 6.45) is 0. The fourth-order valence-electron chi connectivity index (χ4n) is 0.785. The molecule has 0 saturated heterocycles. The van der Waals surface area contributed by atoms with Gasteiger partial charge in [-0.15, -0.1) is 0 Å². The Balaban J connectivity index is 0. The molecule has 0 radical (unpaired) electrons. The molecule has 1 aromatic rings. The molecular weight excluding hydrogens is 310 g/mol. The van der Waals surface area contributed by atoms with Crippen molar-refractivity contribution in [1.82, 2.24) is 0 Å². The van der Waals surface area contributed by atoms with Gasteiger partial charge in [0.2, 0.25) is 0 Å². The Labute approximate surface area is 179 Å². The summed E-state index contributed by atoms with van der Waals surface area (Å²) in [6.45, 7) is 0. The molecule has 10 heteroatoms. The third kappa shape index (κ3) is 6.47. The van der Waals surface area contributed by atoms with Crippen molar-refractivity contribution in [2.75, 3.05) is 0 Å². The van der Waals surface area contributed by atoms with E-state index in [1.54, 1.807) is 0 Å². The van der Waals surface area contributed by atoms with Gasteiger partial charge in [-0.1, -0.05) is 6.07 Å². The summed E-state index contributed by atoms with van der Waals surface area (Å²) >= 11 is 0. The van der Waals surface area contributed by atoms with Gasteiger partial charge in [0, 0.05) is 0 Å². The van der Waals surface area contributed by atoms with Gasteiger partial charge in [0.05, 0.1) is 9.79 Å². The third-order valence-electron chi connectivity index (χ3n) is 1.38. The predicted molar refractivity (Wildman–Crippen MR) is 42.4 cm³/mol. The molecule has 0 aliphatic rings. The Morgan fingerprint density at radius 2 is 1.12 bits per heavy atom. The summed E-state index contributed by atoms with van der Waals surface area (Å²) in [5.41, 5.74) is 0. The van der Waals surface area contributed by atoms with Gasteiger partial charge in [-0.05, 0) is 18.2 Å². The van der Waals surface area contributed by atoms with Gasteiger partial charge >= 0.3 is 103 Å². The van der Waals surface area contributed by atoms with Crippen LogP contribution >= 0.6 is 0 Å². The molecule has 0 heterocycles. The zero-order valence-electron chi connectivity index (χ0n) is 8.58. The molecule has 0 amide bonds. The van der Waals surface area contributed by atoms with E-state index >= 15 is 0 Å². The molecule has 0 unspecified atom stereocenters. The van der Waals surface area contributed by atoms with Crippen molar-refractivity contribution >= 4 is 20.2 Å². The van der Waals surface area contributed by atoms with E-state index in [0.29, 0.717) is 6.07 Å². The largest absolute Gasteiger partial charge is 1.00 e. The van der Waals surface area contributed by atoms with Crippen molar-refractivity contribution in [3.8, 4) is 0 Å². The molecule has 0 bridgehead atoms. The maximum absolute atomic E-state index is 10.5. The minimum absolute atomic E-state index is 0. The Bertz CT molecular complexity index is 503. The molecule has 6 nitrogen and oxygen atoms in total. The van der Waals surface area contributed by atoms with Crippen LogP contribution in [0.4, 0.5) is 0 Å². The monoisotopic (exact) mass is 314 g/mol. The van der Waals surface area contributed by atoms with Gasteiger partial charge < -0.3 is 9.11 Å². The second-order valence-electron chi connectivity index (χ2n) is 2.38. The minimum Gasteiger partial charge on any atom is -0.744 e. The molecule has 1 aromatic carbocycles. The summed E-state index contributed by atoms with van der Waals surface area (Å²) in [4.78, 5) is -1.48. The van der Waals surface area contributed by atoms with Gasteiger partial charge in [-0.25, -0.2) is 16.8 Å². The van der Waals surface area contributed by atoms with Crippen molar-refractivity contribution < 1.29 is 129 Å². The van der Waals surface area contributed by atoms with E-state index < -0.39 is 30.0 Å². The Morgan fingerprint density at radius 1 is 0.812 bits per heavy atom. The number of hydrogen-bond acceptors (Lipinski definition) is 6. The van der Waals surface area contributed by atoms with Gasteiger partial charge in [0.25, 0.3) is 0 Å². The SMILES string of the molecule is O=S(=O)([O-])c1cccc(S(=O)(=O)[O-])c1.[K+].[K+]. The summed E-state index contributed by atoms with van der Waals surface area (Å²) in [7, 11) is -9.48. The standard InChI is InChI=1S/C6H6O6S2.2K/c7-13(8,9)5-2-1-3-6(4-5)14(10,11)12;;/h1-4H,(H,7,8,9)(H,10,11,12);;/q;2*+1/p-2. The molecule has 1 rings (SSSR count). The fraction of sp³-hybridized carbons (Fsp3) is 0. The van der Waals surface area contributed by atoms with E-state index in [1.165, 1.54) is 0 Å². The fourth-order valence-corrected chi connectivity index (χ4v) is 1.89. The summed E-state index contributed by atoms with van der Waals surface area (Å²) in [6, 6.07) is 3.37. The summed E-state index contributed by atoms with van der Waals surface area (Å²) < 4.78 is 62.8. The van der Waals surface area contributed by atoms with Crippen LogP contribution in [0.1, 0.15) is 0 Å². The molecule has 0 saturated carbocycles. The number of hydrogen-bond donors (Lipinski definition) is 0. The molecule has 0 aliphatic heterocycles. The maximum atomic E-state index is 10.5. The first-order valence-electron chi connectivity index (χ1n) is 3.23. The molecule has 0 spiro atoms. The number of benzene rings is 1. The van der Waals surface area contributed by atoms with E-state index in [4.69, 9.17) is 0 Å².